The molecule has 110 valence electrons. The zero-order chi connectivity index (χ0) is 15.4. The monoisotopic (exact) mass is 307 g/mol. The van der Waals surface area contributed by atoms with Crippen molar-refractivity contribution in [2.45, 2.75) is 13.8 Å². The van der Waals surface area contributed by atoms with E-state index in [1.54, 1.807) is 17.6 Å². The lowest BCUT2D eigenvalue weighted by molar-refractivity contribution is 1.29. The highest BCUT2D eigenvalue weighted by Crippen LogP contribution is 2.25. The van der Waals surface area contributed by atoms with Crippen LogP contribution in [0, 0.1) is 13.8 Å². The average molecular weight is 307 g/mol. The van der Waals surface area contributed by atoms with Crippen LogP contribution in [0.3, 0.4) is 0 Å². The highest BCUT2D eigenvalue weighted by atomic mass is 32.1. The Balaban J connectivity index is 1.66. The molecule has 3 rings (SSSR count). The van der Waals surface area contributed by atoms with Crippen LogP contribution in [0.15, 0.2) is 59.0 Å². The summed E-state index contributed by atoms with van der Waals surface area (Å²) >= 11 is 1.55. The van der Waals surface area contributed by atoms with Crippen molar-refractivity contribution in [3.63, 3.8) is 0 Å². The van der Waals surface area contributed by atoms with E-state index in [0.29, 0.717) is 0 Å². The smallest absolute Gasteiger partial charge is 0.203 e. The fourth-order valence-electron chi connectivity index (χ4n) is 2.00. The molecule has 0 saturated carbocycles. The van der Waals surface area contributed by atoms with Crippen molar-refractivity contribution in [3.8, 4) is 11.3 Å². The molecule has 0 fully saturated rings. The topological polar surface area (TPSA) is 37.3 Å². The Kier molecular flexibility index (Phi) is 4.30. The Bertz CT molecular complexity index is 771. The van der Waals surface area contributed by atoms with Crippen LogP contribution in [0.4, 0.5) is 5.13 Å². The normalized spacial score (nSPS) is 11.0. The summed E-state index contributed by atoms with van der Waals surface area (Å²) in [5.41, 5.74) is 8.64. The first kappa shape index (κ1) is 14.5. The molecule has 0 aliphatic rings. The van der Waals surface area contributed by atoms with Gasteiger partial charge in [-0.2, -0.15) is 5.10 Å². The first-order chi connectivity index (χ1) is 10.7. The number of aryl methyl sites for hydroxylation is 2. The Hall–Kier alpha value is -2.46. The lowest BCUT2D eigenvalue weighted by Crippen LogP contribution is -1.90. The molecule has 2 aromatic carbocycles. The Labute approximate surface area is 134 Å². The van der Waals surface area contributed by atoms with Crippen LogP contribution in [0.2, 0.25) is 0 Å². The van der Waals surface area contributed by atoms with E-state index in [1.165, 1.54) is 11.1 Å². The Morgan fingerprint density at radius 3 is 2.27 bits per heavy atom. The van der Waals surface area contributed by atoms with Crippen molar-refractivity contribution in [1.29, 1.82) is 0 Å². The summed E-state index contributed by atoms with van der Waals surface area (Å²) in [7, 11) is 0. The number of hydrogen-bond acceptors (Lipinski definition) is 4. The maximum Gasteiger partial charge on any atom is 0.203 e. The number of benzene rings is 2. The third-order valence-electron chi connectivity index (χ3n) is 3.30. The fraction of sp³-hybridized carbons (Fsp3) is 0.111. The molecule has 3 nitrogen and oxygen atoms in total. The van der Waals surface area contributed by atoms with E-state index in [1.807, 2.05) is 17.5 Å². The van der Waals surface area contributed by atoms with Gasteiger partial charge in [-0.1, -0.05) is 59.7 Å². The van der Waals surface area contributed by atoms with E-state index >= 15 is 0 Å². The minimum Gasteiger partial charge on any atom is -0.253 e. The summed E-state index contributed by atoms with van der Waals surface area (Å²) < 4.78 is 0. The maximum atomic E-state index is 4.55. The molecule has 0 spiro atoms. The van der Waals surface area contributed by atoms with Crippen LogP contribution >= 0.6 is 11.3 Å². The lowest BCUT2D eigenvalue weighted by Gasteiger charge is -1.97. The van der Waals surface area contributed by atoms with E-state index in [-0.39, 0.29) is 0 Å². The molecule has 4 heteroatoms. The lowest BCUT2D eigenvalue weighted by atomic mass is 10.1. The second kappa shape index (κ2) is 6.54. The van der Waals surface area contributed by atoms with E-state index in [0.717, 1.165) is 22.0 Å². The molecule has 22 heavy (non-hydrogen) atoms. The number of anilines is 1. The molecule has 0 unspecified atom stereocenters. The Morgan fingerprint density at radius 2 is 1.59 bits per heavy atom. The first-order valence-corrected chi connectivity index (χ1v) is 7.97. The minimum atomic E-state index is 0.791. The molecule has 0 saturated heterocycles. The van der Waals surface area contributed by atoms with Gasteiger partial charge in [0.25, 0.3) is 0 Å². The van der Waals surface area contributed by atoms with Gasteiger partial charge in [-0.3, -0.25) is 5.43 Å². The van der Waals surface area contributed by atoms with Gasteiger partial charge in [0.1, 0.15) is 0 Å². The molecular formula is C18H17N3S. The number of hydrogen-bond donors (Lipinski definition) is 1. The van der Waals surface area contributed by atoms with Crippen molar-refractivity contribution < 1.29 is 0 Å². The van der Waals surface area contributed by atoms with Gasteiger partial charge < -0.3 is 0 Å². The highest BCUT2D eigenvalue weighted by molar-refractivity contribution is 7.14. The summed E-state index contributed by atoms with van der Waals surface area (Å²) in [6, 6.07) is 16.6. The number of nitrogens with zero attached hydrogens (tertiary/aromatic N) is 2. The summed E-state index contributed by atoms with van der Waals surface area (Å²) in [4.78, 5) is 4.55. The van der Waals surface area contributed by atoms with Crippen molar-refractivity contribution >= 4 is 22.7 Å². The standard InChI is InChI=1S/C18H17N3S/c1-13-3-7-15(8-4-13)11-19-21-18-20-17(12-22-18)16-9-5-14(2)6-10-16/h3-12H,1-2H3,(H,20,21)/b19-11+. The summed E-state index contributed by atoms with van der Waals surface area (Å²) in [5.74, 6) is 0. The molecule has 0 bridgehead atoms. The third kappa shape index (κ3) is 3.59. The number of thiazole rings is 1. The highest BCUT2D eigenvalue weighted by Gasteiger charge is 2.03. The largest absolute Gasteiger partial charge is 0.253 e. The van der Waals surface area contributed by atoms with Crippen LogP contribution < -0.4 is 5.43 Å². The molecule has 3 aromatic rings. The second-order valence-corrected chi connectivity index (χ2v) is 6.04. The molecule has 1 heterocycles. The van der Waals surface area contributed by atoms with Crippen LogP contribution in [0.1, 0.15) is 16.7 Å². The van der Waals surface area contributed by atoms with E-state index in [9.17, 15) is 0 Å². The molecule has 0 radical (unpaired) electrons. The zero-order valence-electron chi connectivity index (χ0n) is 12.6. The van der Waals surface area contributed by atoms with Gasteiger partial charge in [0.2, 0.25) is 5.13 Å². The summed E-state index contributed by atoms with van der Waals surface area (Å²) in [6.07, 6.45) is 1.80. The van der Waals surface area contributed by atoms with Gasteiger partial charge in [0, 0.05) is 10.9 Å². The maximum absolute atomic E-state index is 4.55. The average Bonchev–Trinajstić information content (AvgIpc) is 2.99. The van der Waals surface area contributed by atoms with Gasteiger partial charge in [0.05, 0.1) is 11.9 Å². The van der Waals surface area contributed by atoms with Crippen molar-refractivity contribution in [2.24, 2.45) is 5.10 Å². The van der Waals surface area contributed by atoms with Crippen LogP contribution in [-0.2, 0) is 0 Å². The van der Waals surface area contributed by atoms with Gasteiger partial charge in [-0.25, -0.2) is 4.98 Å². The third-order valence-corrected chi connectivity index (χ3v) is 4.05. The molecule has 1 aromatic heterocycles. The second-order valence-electron chi connectivity index (χ2n) is 5.18. The van der Waals surface area contributed by atoms with E-state index in [2.05, 4.69) is 65.8 Å². The fourth-order valence-corrected chi connectivity index (χ4v) is 2.67. The quantitative estimate of drug-likeness (QED) is 0.551. The predicted molar refractivity (Wildman–Crippen MR) is 94.7 cm³/mol. The van der Waals surface area contributed by atoms with Gasteiger partial charge in [-0.05, 0) is 19.4 Å². The predicted octanol–water partition coefficient (Wildman–Crippen LogP) is 4.87. The van der Waals surface area contributed by atoms with Crippen molar-refractivity contribution in [3.05, 3.63) is 70.6 Å². The summed E-state index contributed by atoms with van der Waals surface area (Å²) in [6.45, 7) is 4.15. The molecular weight excluding hydrogens is 290 g/mol. The molecule has 0 atom stereocenters. The number of hydrazone groups is 1. The first-order valence-electron chi connectivity index (χ1n) is 7.09. The van der Waals surface area contributed by atoms with Gasteiger partial charge in [-0.15, -0.1) is 11.3 Å². The van der Waals surface area contributed by atoms with E-state index < -0.39 is 0 Å². The zero-order valence-corrected chi connectivity index (χ0v) is 13.4. The Morgan fingerprint density at radius 1 is 0.955 bits per heavy atom. The van der Waals surface area contributed by atoms with Crippen LogP contribution in [0.5, 0.6) is 0 Å². The van der Waals surface area contributed by atoms with Gasteiger partial charge in [0.15, 0.2) is 0 Å². The van der Waals surface area contributed by atoms with Gasteiger partial charge >= 0.3 is 0 Å². The summed E-state index contributed by atoms with van der Waals surface area (Å²) in [5, 5.41) is 7.06. The van der Waals surface area contributed by atoms with Crippen LogP contribution in [0.25, 0.3) is 11.3 Å². The number of aromatic nitrogens is 1. The molecule has 1 N–H and O–H groups in total. The number of nitrogens with one attached hydrogen (secondary N) is 1. The molecule has 0 aliphatic heterocycles. The van der Waals surface area contributed by atoms with Crippen molar-refractivity contribution in [1.82, 2.24) is 4.98 Å². The minimum absolute atomic E-state index is 0.791. The molecule has 0 amide bonds. The van der Waals surface area contributed by atoms with Crippen molar-refractivity contribution in [2.75, 3.05) is 5.43 Å². The number of rotatable bonds is 4. The van der Waals surface area contributed by atoms with Crippen LogP contribution in [-0.4, -0.2) is 11.2 Å². The molecule has 0 aliphatic carbocycles. The van der Waals surface area contributed by atoms with E-state index in [4.69, 9.17) is 0 Å². The SMILES string of the molecule is Cc1ccc(/C=N/Nc2nc(-c3ccc(C)cc3)cs2)cc1.